The minimum atomic E-state index is -0.201. The van der Waals surface area contributed by atoms with Crippen LogP contribution in [-0.2, 0) is 13.5 Å². The van der Waals surface area contributed by atoms with Crippen LogP contribution in [0.5, 0.6) is 0 Å². The van der Waals surface area contributed by atoms with Crippen molar-refractivity contribution in [1.29, 1.82) is 0 Å². The van der Waals surface area contributed by atoms with Crippen LogP contribution >= 0.6 is 0 Å². The Morgan fingerprint density at radius 3 is 3.06 bits per heavy atom. The molecule has 2 aromatic rings. The van der Waals surface area contributed by atoms with Crippen LogP contribution in [0.3, 0.4) is 0 Å². The molecule has 0 aromatic carbocycles. The van der Waals surface area contributed by atoms with Gasteiger partial charge < -0.3 is 10.3 Å². The summed E-state index contributed by atoms with van der Waals surface area (Å²) < 4.78 is 1.81. The number of aromatic nitrogens is 4. The first-order valence-corrected chi connectivity index (χ1v) is 5.02. The van der Waals surface area contributed by atoms with Gasteiger partial charge in [0.05, 0.1) is 0 Å². The molecule has 0 fully saturated rings. The van der Waals surface area contributed by atoms with Crippen LogP contribution in [0, 0.1) is 0 Å². The number of aryl methyl sites for hydroxylation is 1. The highest BCUT2D eigenvalue weighted by Gasteiger charge is 2.00. The van der Waals surface area contributed by atoms with Crippen molar-refractivity contribution in [3.05, 3.63) is 40.7 Å². The highest BCUT2D eigenvalue weighted by Crippen LogP contribution is 1.98. The Morgan fingerprint density at radius 2 is 2.38 bits per heavy atom. The quantitative estimate of drug-likeness (QED) is 0.768. The molecule has 0 radical (unpaired) electrons. The lowest BCUT2D eigenvalue weighted by atomic mass is 10.3. The average molecular weight is 219 g/mol. The van der Waals surface area contributed by atoms with E-state index in [-0.39, 0.29) is 5.56 Å². The zero-order valence-corrected chi connectivity index (χ0v) is 8.97. The first-order chi connectivity index (χ1) is 7.77. The van der Waals surface area contributed by atoms with Gasteiger partial charge in [-0.3, -0.25) is 9.48 Å². The van der Waals surface area contributed by atoms with Gasteiger partial charge >= 0.3 is 0 Å². The second-order valence-corrected chi connectivity index (χ2v) is 3.39. The second-order valence-electron chi connectivity index (χ2n) is 3.39. The van der Waals surface area contributed by atoms with Crippen molar-refractivity contribution in [2.75, 3.05) is 11.9 Å². The topological polar surface area (TPSA) is 75.6 Å². The number of nitrogens with zero attached hydrogens (tertiary/aromatic N) is 3. The lowest BCUT2D eigenvalue weighted by molar-refractivity contribution is 0.710. The van der Waals surface area contributed by atoms with E-state index in [1.54, 1.807) is 12.4 Å². The molecule has 0 atom stereocenters. The Hall–Kier alpha value is -2.11. The third kappa shape index (κ3) is 2.28. The van der Waals surface area contributed by atoms with Crippen molar-refractivity contribution in [1.82, 2.24) is 19.7 Å². The third-order valence-corrected chi connectivity index (χ3v) is 2.30. The molecule has 2 heterocycles. The SMILES string of the molecule is Cn1nccc1CCNc1ncc[nH]c1=O. The molecule has 0 aliphatic rings. The van der Waals surface area contributed by atoms with Crippen molar-refractivity contribution < 1.29 is 0 Å². The number of aromatic amines is 1. The maximum Gasteiger partial charge on any atom is 0.290 e. The molecule has 84 valence electrons. The van der Waals surface area contributed by atoms with Gasteiger partial charge in [-0.1, -0.05) is 0 Å². The van der Waals surface area contributed by atoms with Gasteiger partial charge in [0.1, 0.15) is 0 Å². The van der Waals surface area contributed by atoms with E-state index in [0.717, 1.165) is 12.1 Å². The summed E-state index contributed by atoms with van der Waals surface area (Å²) >= 11 is 0. The minimum Gasteiger partial charge on any atom is -0.365 e. The zero-order valence-electron chi connectivity index (χ0n) is 8.97. The minimum absolute atomic E-state index is 0.201. The molecule has 0 saturated heterocycles. The predicted molar refractivity (Wildman–Crippen MR) is 60.3 cm³/mol. The van der Waals surface area contributed by atoms with E-state index >= 15 is 0 Å². The van der Waals surface area contributed by atoms with Crippen LogP contribution in [-0.4, -0.2) is 26.3 Å². The third-order valence-electron chi connectivity index (χ3n) is 2.30. The van der Waals surface area contributed by atoms with Crippen molar-refractivity contribution in [3.63, 3.8) is 0 Å². The van der Waals surface area contributed by atoms with Crippen LogP contribution < -0.4 is 10.9 Å². The molecular formula is C10H13N5O. The smallest absolute Gasteiger partial charge is 0.290 e. The zero-order chi connectivity index (χ0) is 11.4. The molecule has 2 N–H and O–H groups in total. The first kappa shape index (κ1) is 10.4. The van der Waals surface area contributed by atoms with Crippen molar-refractivity contribution in [2.24, 2.45) is 7.05 Å². The van der Waals surface area contributed by atoms with E-state index in [0.29, 0.717) is 12.4 Å². The molecule has 2 rings (SSSR count). The summed E-state index contributed by atoms with van der Waals surface area (Å²) in [6, 6.07) is 1.95. The lowest BCUT2D eigenvalue weighted by Crippen LogP contribution is -2.17. The number of rotatable bonds is 4. The number of H-pyrrole nitrogens is 1. The molecule has 0 saturated carbocycles. The summed E-state index contributed by atoms with van der Waals surface area (Å²) in [6.07, 6.45) is 5.61. The normalized spacial score (nSPS) is 10.3. The van der Waals surface area contributed by atoms with Gasteiger partial charge in [0.2, 0.25) is 0 Å². The number of hydrogen-bond donors (Lipinski definition) is 2. The first-order valence-electron chi connectivity index (χ1n) is 5.02. The monoisotopic (exact) mass is 219 g/mol. The van der Waals surface area contributed by atoms with Crippen molar-refractivity contribution >= 4 is 5.82 Å². The fraction of sp³-hybridized carbons (Fsp3) is 0.300. The fourth-order valence-electron chi connectivity index (χ4n) is 1.43. The van der Waals surface area contributed by atoms with Gasteiger partial charge in [0.25, 0.3) is 5.56 Å². The second kappa shape index (κ2) is 4.61. The van der Waals surface area contributed by atoms with Crippen LogP contribution in [0.25, 0.3) is 0 Å². The Kier molecular flexibility index (Phi) is 3.00. The van der Waals surface area contributed by atoms with E-state index < -0.39 is 0 Å². The molecule has 0 aliphatic heterocycles. The lowest BCUT2D eigenvalue weighted by Gasteiger charge is -2.04. The largest absolute Gasteiger partial charge is 0.365 e. The standard InChI is InChI=1S/C10H13N5O/c1-15-8(3-5-14-15)2-4-11-9-10(16)13-7-6-12-9/h3,5-7H,2,4H2,1H3,(H,11,12)(H,13,16). The summed E-state index contributed by atoms with van der Waals surface area (Å²) in [6.45, 7) is 0.652. The van der Waals surface area contributed by atoms with Gasteiger partial charge in [-0.2, -0.15) is 5.10 Å². The van der Waals surface area contributed by atoms with E-state index in [1.165, 1.54) is 6.20 Å². The predicted octanol–water partition coefficient (Wildman–Crippen LogP) is 0.158. The van der Waals surface area contributed by atoms with Crippen LogP contribution in [0.2, 0.25) is 0 Å². The summed E-state index contributed by atoms with van der Waals surface area (Å²) in [5, 5.41) is 7.05. The van der Waals surface area contributed by atoms with Crippen LogP contribution in [0.1, 0.15) is 5.69 Å². The number of hydrogen-bond acceptors (Lipinski definition) is 4. The molecule has 0 bridgehead atoms. The molecule has 2 aromatic heterocycles. The van der Waals surface area contributed by atoms with Gasteiger partial charge in [0.15, 0.2) is 5.82 Å². The average Bonchev–Trinajstić information content (AvgIpc) is 2.67. The maximum absolute atomic E-state index is 11.3. The Balaban J connectivity index is 1.92. The Bertz CT molecular complexity index is 516. The summed E-state index contributed by atoms with van der Waals surface area (Å²) in [7, 11) is 1.89. The highest BCUT2D eigenvalue weighted by molar-refractivity contribution is 5.30. The number of nitrogens with one attached hydrogen (secondary N) is 2. The summed E-state index contributed by atoms with van der Waals surface area (Å²) in [5.74, 6) is 0.352. The summed E-state index contributed by atoms with van der Waals surface area (Å²) in [4.78, 5) is 17.8. The molecule has 16 heavy (non-hydrogen) atoms. The maximum atomic E-state index is 11.3. The van der Waals surface area contributed by atoms with Crippen molar-refractivity contribution in [3.8, 4) is 0 Å². The molecule has 0 amide bonds. The molecule has 0 spiro atoms. The van der Waals surface area contributed by atoms with Gasteiger partial charge in [-0.25, -0.2) is 4.98 Å². The molecular weight excluding hydrogens is 206 g/mol. The van der Waals surface area contributed by atoms with E-state index in [4.69, 9.17) is 0 Å². The van der Waals surface area contributed by atoms with Gasteiger partial charge in [-0.05, 0) is 6.07 Å². The van der Waals surface area contributed by atoms with Gasteiger partial charge in [0, 0.05) is 44.3 Å². The van der Waals surface area contributed by atoms with Crippen LogP contribution in [0.4, 0.5) is 5.82 Å². The van der Waals surface area contributed by atoms with E-state index in [1.807, 2.05) is 17.8 Å². The molecule has 0 unspecified atom stereocenters. The van der Waals surface area contributed by atoms with E-state index in [9.17, 15) is 4.79 Å². The van der Waals surface area contributed by atoms with Crippen molar-refractivity contribution in [2.45, 2.75) is 6.42 Å². The summed E-state index contributed by atoms with van der Waals surface area (Å²) in [5.41, 5.74) is 0.910. The molecule has 6 heteroatoms. The van der Waals surface area contributed by atoms with Gasteiger partial charge in [-0.15, -0.1) is 0 Å². The Morgan fingerprint density at radius 1 is 1.50 bits per heavy atom. The molecule has 0 aliphatic carbocycles. The molecule has 6 nitrogen and oxygen atoms in total. The number of anilines is 1. The van der Waals surface area contributed by atoms with E-state index in [2.05, 4.69) is 20.4 Å². The fourth-order valence-corrected chi connectivity index (χ4v) is 1.43. The highest BCUT2D eigenvalue weighted by atomic mass is 16.1. The Labute approximate surface area is 92.3 Å². The van der Waals surface area contributed by atoms with Crippen LogP contribution in [0.15, 0.2) is 29.5 Å².